The fraction of sp³-hybridized carbons (Fsp3) is 0.125. The number of halogens is 1. The molecular weight excluding hydrogens is 206 g/mol. The zero-order chi connectivity index (χ0) is 8.27. The Balaban J connectivity index is 3.23. The second kappa shape index (κ2) is 3.40. The van der Waals surface area contributed by atoms with E-state index < -0.39 is 0 Å². The van der Waals surface area contributed by atoms with Crippen molar-refractivity contribution in [1.82, 2.24) is 0 Å². The third kappa shape index (κ3) is 1.52. The van der Waals surface area contributed by atoms with Crippen molar-refractivity contribution in [3.63, 3.8) is 0 Å². The number of benzene rings is 1. The number of nitrogens with zero attached hydrogens (tertiary/aromatic N) is 1. The topological polar surface area (TPSA) is 33.0 Å². The van der Waals surface area contributed by atoms with Crippen LogP contribution in [0, 0.1) is 17.4 Å². The maximum Gasteiger partial charge on any atom is 0.142 e. The normalized spacial score (nSPS) is 8.82. The molecule has 0 aliphatic heterocycles. The largest absolute Gasteiger partial charge is 0.495 e. The molecule has 2 nitrogen and oxygen atoms in total. The van der Waals surface area contributed by atoms with E-state index in [1.807, 2.05) is 6.07 Å². The molecule has 0 N–H and O–H groups in total. The molecule has 55 valence electrons. The van der Waals surface area contributed by atoms with Crippen molar-refractivity contribution in [2.45, 2.75) is 0 Å². The van der Waals surface area contributed by atoms with Crippen LogP contribution in [0.15, 0.2) is 16.6 Å². The molecule has 0 saturated heterocycles. The Morgan fingerprint density at radius 1 is 1.73 bits per heavy atom. The summed E-state index contributed by atoms with van der Waals surface area (Å²) in [5.41, 5.74) is 0.556. The Morgan fingerprint density at radius 3 is 3.00 bits per heavy atom. The minimum absolute atomic E-state index is 0.556. The highest BCUT2D eigenvalue weighted by Crippen LogP contribution is 2.26. The van der Waals surface area contributed by atoms with Gasteiger partial charge in [-0.1, -0.05) is 0 Å². The summed E-state index contributed by atoms with van der Waals surface area (Å²) in [6, 6.07) is 8.19. The Morgan fingerprint density at radius 2 is 2.45 bits per heavy atom. The van der Waals surface area contributed by atoms with Gasteiger partial charge in [0.15, 0.2) is 0 Å². The summed E-state index contributed by atoms with van der Waals surface area (Å²) in [5, 5.41) is 8.59. The van der Waals surface area contributed by atoms with Gasteiger partial charge in [-0.3, -0.25) is 0 Å². The molecule has 0 amide bonds. The molecule has 0 heterocycles. The van der Waals surface area contributed by atoms with Crippen molar-refractivity contribution < 1.29 is 4.74 Å². The van der Waals surface area contributed by atoms with E-state index in [0.717, 1.165) is 0 Å². The predicted molar refractivity (Wildman–Crippen MR) is 44.2 cm³/mol. The van der Waals surface area contributed by atoms with Crippen LogP contribution in [0.1, 0.15) is 5.56 Å². The summed E-state index contributed by atoms with van der Waals surface area (Å²) in [6.45, 7) is 0. The zero-order valence-corrected chi connectivity index (χ0v) is 7.47. The van der Waals surface area contributed by atoms with E-state index in [0.29, 0.717) is 15.8 Å². The molecule has 0 aliphatic rings. The van der Waals surface area contributed by atoms with Gasteiger partial charge in [-0.25, -0.2) is 0 Å². The van der Waals surface area contributed by atoms with Gasteiger partial charge in [-0.2, -0.15) is 5.26 Å². The maximum absolute atomic E-state index is 8.59. The fourth-order valence-corrected chi connectivity index (χ4v) is 1.19. The molecule has 0 bridgehead atoms. The SMILES string of the molecule is COc1[c]ccc(C#N)c1Br. The molecule has 1 aromatic carbocycles. The van der Waals surface area contributed by atoms with Crippen LogP contribution in [-0.4, -0.2) is 7.11 Å². The maximum atomic E-state index is 8.59. The smallest absolute Gasteiger partial charge is 0.142 e. The number of hydrogen-bond donors (Lipinski definition) is 0. The zero-order valence-electron chi connectivity index (χ0n) is 5.89. The predicted octanol–water partition coefficient (Wildman–Crippen LogP) is 2.13. The van der Waals surface area contributed by atoms with Gasteiger partial charge in [0.05, 0.1) is 17.1 Å². The molecule has 0 spiro atoms. The molecule has 1 aromatic rings. The van der Waals surface area contributed by atoms with E-state index in [-0.39, 0.29) is 0 Å². The number of hydrogen-bond acceptors (Lipinski definition) is 2. The minimum Gasteiger partial charge on any atom is -0.495 e. The molecule has 3 heteroatoms. The monoisotopic (exact) mass is 210 g/mol. The van der Waals surface area contributed by atoms with Crippen molar-refractivity contribution in [1.29, 1.82) is 5.26 Å². The van der Waals surface area contributed by atoms with Crippen LogP contribution in [-0.2, 0) is 0 Å². The molecule has 0 unspecified atom stereocenters. The van der Waals surface area contributed by atoms with Gasteiger partial charge in [0.2, 0.25) is 0 Å². The Hall–Kier alpha value is -1.01. The lowest BCUT2D eigenvalue weighted by atomic mass is 10.2. The highest BCUT2D eigenvalue weighted by atomic mass is 79.9. The summed E-state index contributed by atoms with van der Waals surface area (Å²) in [5.74, 6) is 0.559. The van der Waals surface area contributed by atoms with Gasteiger partial charge in [0.1, 0.15) is 11.8 Å². The molecular formula is C8H5BrNO. The number of ether oxygens (including phenoxy) is 1. The lowest BCUT2D eigenvalue weighted by Gasteiger charge is -2.01. The number of methoxy groups -OCH3 is 1. The first-order valence-corrected chi connectivity index (χ1v) is 3.73. The summed E-state index contributed by atoms with van der Waals surface area (Å²) in [4.78, 5) is 0. The van der Waals surface area contributed by atoms with Crippen LogP contribution in [0.5, 0.6) is 5.75 Å². The van der Waals surface area contributed by atoms with Crippen molar-refractivity contribution >= 4 is 15.9 Å². The summed E-state index contributed by atoms with van der Waals surface area (Å²) in [7, 11) is 1.54. The molecule has 1 rings (SSSR count). The molecule has 0 aliphatic carbocycles. The molecule has 11 heavy (non-hydrogen) atoms. The first-order valence-electron chi connectivity index (χ1n) is 2.94. The summed E-state index contributed by atoms with van der Waals surface area (Å²) >= 11 is 3.22. The third-order valence-electron chi connectivity index (χ3n) is 1.22. The van der Waals surface area contributed by atoms with E-state index in [4.69, 9.17) is 10.00 Å². The first kappa shape index (κ1) is 8.09. The van der Waals surface area contributed by atoms with Crippen molar-refractivity contribution in [2.24, 2.45) is 0 Å². The molecule has 1 radical (unpaired) electrons. The second-order valence-electron chi connectivity index (χ2n) is 1.85. The van der Waals surface area contributed by atoms with Crippen LogP contribution in [0.3, 0.4) is 0 Å². The standard InChI is InChI=1S/C8H5BrNO/c1-11-7-4-2-3-6(5-10)8(7)9/h2-3H,1H3. The third-order valence-corrected chi connectivity index (χ3v) is 2.01. The van der Waals surface area contributed by atoms with Gasteiger partial charge >= 0.3 is 0 Å². The molecule has 0 aromatic heterocycles. The van der Waals surface area contributed by atoms with E-state index >= 15 is 0 Å². The molecule has 0 fully saturated rings. The van der Waals surface area contributed by atoms with Gasteiger partial charge in [0, 0.05) is 6.07 Å². The second-order valence-corrected chi connectivity index (χ2v) is 2.64. The van der Waals surface area contributed by atoms with Crippen LogP contribution in [0.2, 0.25) is 0 Å². The van der Waals surface area contributed by atoms with Crippen molar-refractivity contribution in [3.05, 3.63) is 28.2 Å². The van der Waals surface area contributed by atoms with Crippen LogP contribution in [0.4, 0.5) is 0 Å². The van der Waals surface area contributed by atoms with E-state index in [9.17, 15) is 0 Å². The van der Waals surface area contributed by atoms with Crippen LogP contribution >= 0.6 is 15.9 Å². The van der Waals surface area contributed by atoms with Crippen LogP contribution < -0.4 is 4.74 Å². The summed E-state index contributed by atoms with van der Waals surface area (Å²) < 4.78 is 5.59. The van der Waals surface area contributed by atoms with Gasteiger partial charge in [-0.15, -0.1) is 0 Å². The summed E-state index contributed by atoms with van der Waals surface area (Å²) in [6.07, 6.45) is 0. The van der Waals surface area contributed by atoms with E-state index in [1.54, 1.807) is 12.1 Å². The van der Waals surface area contributed by atoms with Gasteiger partial charge in [0.25, 0.3) is 0 Å². The fourth-order valence-electron chi connectivity index (χ4n) is 0.694. The number of rotatable bonds is 1. The number of nitriles is 1. The van der Waals surface area contributed by atoms with Gasteiger partial charge < -0.3 is 4.74 Å². The van der Waals surface area contributed by atoms with Crippen molar-refractivity contribution in [2.75, 3.05) is 7.11 Å². The highest BCUT2D eigenvalue weighted by Gasteiger charge is 2.03. The van der Waals surface area contributed by atoms with Crippen molar-refractivity contribution in [3.8, 4) is 11.8 Å². The molecule has 0 saturated carbocycles. The first-order chi connectivity index (χ1) is 5.29. The lowest BCUT2D eigenvalue weighted by molar-refractivity contribution is 0.411. The quantitative estimate of drug-likeness (QED) is 0.712. The average molecular weight is 211 g/mol. The van der Waals surface area contributed by atoms with E-state index in [1.165, 1.54) is 7.11 Å². The molecule has 0 atom stereocenters. The minimum atomic E-state index is 0.556. The van der Waals surface area contributed by atoms with Crippen LogP contribution in [0.25, 0.3) is 0 Å². The Bertz CT molecular complexity index is 303. The average Bonchev–Trinajstić information content (AvgIpc) is 2.05. The lowest BCUT2D eigenvalue weighted by Crippen LogP contribution is -1.86. The van der Waals surface area contributed by atoms with E-state index in [2.05, 4.69) is 22.0 Å². The Kier molecular flexibility index (Phi) is 2.50. The van der Waals surface area contributed by atoms with Gasteiger partial charge in [-0.05, 0) is 28.1 Å². The highest BCUT2D eigenvalue weighted by molar-refractivity contribution is 9.10. The Labute approximate surface area is 73.5 Å².